The third kappa shape index (κ3) is 2.94. The largest absolute Gasteiger partial charge is 0.309 e. The molecule has 0 atom stereocenters. The van der Waals surface area contributed by atoms with Gasteiger partial charge in [0.15, 0.2) is 0 Å². The highest BCUT2D eigenvalue weighted by Crippen LogP contribution is 2.34. The molecule has 4 aromatic carbocycles. The van der Waals surface area contributed by atoms with Gasteiger partial charge in [-0.1, -0.05) is 35.4 Å². The van der Waals surface area contributed by atoms with Gasteiger partial charge < -0.3 is 4.57 Å². The van der Waals surface area contributed by atoms with Crippen LogP contribution >= 0.6 is 0 Å². The zero-order valence-corrected chi connectivity index (χ0v) is 16.8. The Hall–Kier alpha value is -3.92. The highest BCUT2D eigenvalue weighted by molar-refractivity contribution is 6.09. The third-order valence-corrected chi connectivity index (χ3v) is 5.61. The van der Waals surface area contributed by atoms with Gasteiger partial charge >= 0.3 is 0 Å². The lowest BCUT2D eigenvalue weighted by Crippen LogP contribution is -1.94. The molecule has 1 aromatic heterocycles. The standard InChI is InChI=1S/C26H20N2O2/c1-17-3-13-25-23(15-17)24-16-18(2)4-14-26(24)27(25)21-9-5-19(6-10-21)20-7-11-22(12-8-20)28(29)30/h3-16H,1-2H3. The second-order valence-corrected chi connectivity index (χ2v) is 7.73. The Balaban J connectivity index is 1.64. The van der Waals surface area contributed by atoms with E-state index >= 15 is 0 Å². The molecule has 0 spiro atoms. The van der Waals surface area contributed by atoms with Gasteiger partial charge in [0, 0.05) is 28.6 Å². The van der Waals surface area contributed by atoms with Crippen LogP contribution < -0.4 is 0 Å². The molecule has 0 amide bonds. The molecule has 5 rings (SSSR count). The maximum absolute atomic E-state index is 10.9. The number of non-ortho nitro benzene ring substituents is 1. The van der Waals surface area contributed by atoms with E-state index in [2.05, 4.69) is 79.1 Å². The summed E-state index contributed by atoms with van der Waals surface area (Å²) in [5.74, 6) is 0. The van der Waals surface area contributed by atoms with Crippen LogP contribution in [0.4, 0.5) is 5.69 Å². The van der Waals surface area contributed by atoms with Crippen molar-refractivity contribution in [2.45, 2.75) is 13.8 Å². The summed E-state index contributed by atoms with van der Waals surface area (Å²) in [6, 6.07) is 28.2. The Morgan fingerprint density at radius 2 is 1.13 bits per heavy atom. The van der Waals surface area contributed by atoms with Crippen LogP contribution in [0.2, 0.25) is 0 Å². The van der Waals surface area contributed by atoms with Gasteiger partial charge in [-0.2, -0.15) is 0 Å². The Morgan fingerprint density at radius 3 is 1.60 bits per heavy atom. The first-order valence-electron chi connectivity index (χ1n) is 9.88. The van der Waals surface area contributed by atoms with Crippen LogP contribution in [0.15, 0.2) is 84.9 Å². The molecule has 1 heterocycles. The van der Waals surface area contributed by atoms with Gasteiger partial charge in [-0.25, -0.2) is 0 Å². The van der Waals surface area contributed by atoms with E-state index in [0.29, 0.717) is 0 Å². The average Bonchev–Trinajstić information content (AvgIpc) is 3.07. The highest BCUT2D eigenvalue weighted by atomic mass is 16.6. The first-order chi connectivity index (χ1) is 14.5. The molecule has 0 radical (unpaired) electrons. The van der Waals surface area contributed by atoms with Crippen LogP contribution in [-0.2, 0) is 0 Å². The van der Waals surface area contributed by atoms with Crippen molar-refractivity contribution in [1.29, 1.82) is 0 Å². The summed E-state index contributed by atoms with van der Waals surface area (Å²) in [4.78, 5) is 10.5. The minimum absolute atomic E-state index is 0.103. The predicted molar refractivity (Wildman–Crippen MR) is 122 cm³/mol. The van der Waals surface area contributed by atoms with Gasteiger partial charge in [0.05, 0.1) is 16.0 Å². The van der Waals surface area contributed by atoms with Crippen molar-refractivity contribution in [1.82, 2.24) is 4.57 Å². The molecule has 146 valence electrons. The molecule has 0 saturated heterocycles. The number of aromatic nitrogens is 1. The topological polar surface area (TPSA) is 48.1 Å². The van der Waals surface area contributed by atoms with Crippen molar-refractivity contribution in [2.75, 3.05) is 0 Å². The predicted octanol–water partition coefficient (Wildman–Crippen LogP) is 6.98. The first kappa shape index (κ1) is 18.1. The number of fused-ring (bicyclic) bond motifs is 3. The Bertz CT molecular complexity index is 1350. The van der Waals surface area contributed by atoms with E-state index in [1.54, 1.807) is 24.3 Å². The lowest BCUT2D eigenvalue weighted by molar-refractivity contribution is -0.384. The number of nitro benzene ring substituents is 1. The molecule has 0 aliphatic carbocycles. The summed E-state index contributed by atoms with van der Waals surface area (Å²) >= 11 is 0. The average molecular weight is 392 g/mol. The van der Waals surface area contributed by atoms with E-state index in [9.17, 15) is 10.1 Å². The lowest BCUT2D eigenvalue weighted by atomic mass is 10.0. The van der Waals surface area contributed by atoms with E-state index in [1.807, 2.05) is 0 Å². The smallest absolute Gasteiger partial charge is 0.269 e. The van der Waals surface area contributed by atoms with E-state index in [4.69, 9.17) is 0 Å². The van der Waals surface area contributed by atoms with Crippen molar-refractivity contribution in [2.24, 2.45) is 0 Å². The molecular weight excluding hydrogens is 372 g/mol. The van der Waals surface area contributed by atoms with E-state index in [1.165, 1.54) is 32.9 Å². The fourth-order valence-corrected chi connectivity index (χ4v) is 4.11. The van der Waals surface area contributed by atoms with Gasteiger partial charge in [-0.05, 0) is 73.5 Å². The molecule has 0 N–H and O–H groups in total. The van der Waals surface area contributed by atoms with E-state index < -0.39 is 0 Å². The van der Waals surface area contributed by atoms with Gasteiger partial charge in [0.1, 0.15) is 0 Å². The summed E-state index contributed by atoms with van der Waals surface area (Å²) in [6.45, 7) is 4.24. The number of benzene rings is 4. The monoisotopic (exact) mass is 392 g/mol. The molecule has 30 heavy (non-hydrogen) atoms. The summed E-state index contributed by atoms with van der Waals surface area (Å²) < 4.78 is 2.29. The minimum Gasteiger partial charge on any atom is -0.309 e. The van der Waals surface area contributed by atoms with Gasteiger partial charge in [-0.3, -0.25) is 10.1 Å². The van der Waals surface area contributed by atoms with Crippen LogP contribution in [-0.4, -0.2) is 9.49 Å². The normalized spacial score (nSPS) is 11.3. The van der Waals surface area contributed by atoms with Crippen LogP contribution in [0, 0.1) is 24.0 Å². The number of nitro groups is 1. The van der Waals surface area contributed by atoms with Crippen molar-refractivity contribution < 1.29 is 4.92 Å². The van der Waals surface area contributed by atoms with Crippen LogP contribution in [0.25, 0.3) is 38.6 Å². The Labute approximate surface area is 174 Å². The second-order valence-electron chi connectivity index (χ2n) is 7.73. The summed E-state index contributed by atoms with van der Waals surface area (Å²) in [7, 11) is 0. The van der Waals surface area contributed by atoms with E-state index in [0.717, 1.165) is 16.8 Å². The zero-order chi connectivity index (χ0) is 20.8. The quantitative estimate of drug-likeness (QED) is 0.246. The Morgan fingerprint density at radius 1 is 0.667 bits per heavy atom. The number of hydrogen-bond donors (Lipinski definition) is 0. The SMILES string of the molecule is Cc1ccc2c(c1)c1cc(C)ccc1n2-c1ccc(-c2ccc([N+](=O)[O-])cc2)cc1. The molecule has 4 heteroatoms. The molecule has 0 fully saturated rings. The zero-order valence-electron chi connectivity index (χ0n) is 16.8. The number of aryl methyl sites for hydroxylation is 2. The van der Waals surface area contributed by atoms with Gasteiger partial charge in [0.25, 0.3) is 5.69 Å². The number of hydrogen-bond acceptors (Lipinski definition) is 2. The summed E-state index contributed by atoms with van der Waals surface area (Å²) in [6.07, 6.45) is 0. The van der Waals surface area contributed by atoms with Crippen LogP contribution in [0.3, 0.4) is 0 Å². The Kier molecular flexibility index (Phi) is 4.14. The first-order valence-corrected chi connectivity index (χ1v) is 9.88. The maximum atomic E-state index is 10.9. The minimum atomic E-state index is -0.376. The second kappa shape index (κ2) is 6.85. The summed E-state index contributed by atoms with van der Waals surface area (Å²) in [5, 5.41) is 13.4. The molecule has 5 aromatic rings. The number of rotatable bonds is 3. The molecule has 0 unspecified atom stereocenters. The molecule has 0 bridgehead atoms. The van der Waals surface area contributed by atoms with Crippen molar-refractivity contribution in [3.8, 4) is 16.8 Å². The van der Waals surface area contributed by atoms with Crippen molar-refractivity contribution >= 4 is 27.5 Å². The highest BCUT2D eigenvalue weighted by Gasteiger charge is 2.13. The molecule has 0 aliphatic heterocycles. The third-order valence-electron chi connectivity index (χ3n) is 5.61. The fourth-order valence-electron chi connectivity index (χ4n) is 4.11. The molecule has 0 saturated carbocycles. The van der Waals surface area contributed by atoms with Crippen LogP contribution in [0.5, 0.6) is 0 Å². The number of nitrogens with zero attached hydrogens (tertiary/aromatic N) is 2. The summed E-state index contributed by atoms with van der Waals surface area (Å²) in [5.41, 5.74) is 8.04. The van der Waals surface area contributed by atoms with Gasteiger partial charge in [0.2, 0.25) is 0 Å². The molecular formula is C26H20N2O2. The van der Waals surface area contributed by atoms with Crippen molar-refractivity contribution in [3.63, 3.8) is 0 Å². The van der Waals surface area contributed by atoms with Crippen LogP contribution in [0.1, 0.15) is 11.1 Å². The van der Waals surface area contributed by atoms with Crippen molar-refractivity contribution in [3.05, 3.63) is 106 Å². The molecule has 4 nitrogen and oxygen atoms in total. The van der Waals surface area contributed by atoms with Gasteiger partial charge in [-0.15, -0.1) is 0 Å². The van der Waals surface area contributed by atoms with E-state index in [-0.39, 0.29) is 10.6 Å². The maximum Gasteiger partial charge on any atom is 0.269 e. The molecule has 0 aliphatic rings. The lowest BCUT2D eigenvalue weighted by Gasteiger charge is -2.09. The fraction of sp³-hybridized carbons (Fsp3) is 0.0769.